The van der Waals surface area contributed by atoms with Crippen LogP contribution in [0.15, 0.2) is 18.2 Å². The molecule has 4 heteroatoms. The Morgan fingerprint density at radius 1 is 1.12 bits per heavy atom. The molecule has 0 bridgehead atoms. The van der Waals surface area contributed by atoms with Crippen LogP contribution in [0.2, 0.25) is 0 Å². The number of hydrogen-bond acceptors (Lipinski definition) is 3. The monoisotopic (exact) mass is 241 g/mol. The number of rotatable bonds is 5. The zero-order valence-electron chi connectivity index (χ0n) is 10.1. The van der Waals surface area contributed by atoms with Gasteiger partial charge in [0.25, 0.3) is 0 Å². The van der Waals surface area contributed by atoms with Gasteiger partial charge in [-0.05, 0) is 26.5 Å². The molecular formula is C12H19NO2S. The second-order valence-corrected chi connectivity index (χ2v) is 6.38. The van der Waals surface area contributed by atoms with Crippen LogP contribution in [-0.2, 0) is 15.6 Å². The van der Waals surface area contributed by atoms with Gasteiger partial charge >= 0.3 is 0 Å². The molecule has 0 amide bonds. The largest absolute Gasteiger partial charge is 0.319 e. The molecule has 0 aliphatic carbocycles. The second-order valence-electron chi connectivity index (χ2n) is 4.19. The highest BCUT2D eigenvalue weighted by Crippen LogP contribution is 2.12. The van der Waals surface area contributed by atoms with Crippen molar-refractivity contribution in [2.45, 2.75) is 19.6 Å². The average Bonchev–Trinajstić information content (AvgIpc) is 2.12. The summed E-state index contributed by atoms with van der Waals surface area (Å²) in [4.78, 5) is 0. The highest BCUT2D eigenvalue weighted by atomic mass is 32.2. The van der Waals surface area contributed by atoms with Gasteiger partial charge in [0.15, 0.2) is 9.84 Å². The first-order chi connectivity index (χ1) is 7.43. The molecule has 0 aliphatic rings. The van der Waals surface area contributed by atoms with Crippen LogP contribution in [0.5, 0.6) is 0 Å². The Labute approximate surface area is 97.8 Å². The molecule has 1 aromatic carbocycles. The van der Waals surface area contributed by atoms with Crippen LogP contribution < -0.4 is 5.32 Å². The Hall–Kier alpha value is -0.870. The van der Waals surface area contributed by atoms with E-state index in [1.165, 1.54) is 0 Å². The van der Waals surface area contributed by atoms with Gasteiger partial charge in [-0.2, -0.15) is 0 Å². The summed E-state index contributed by atoms with van der Waals surface area (Å²) in [5.74, 6) is 0.327. The third-order valence-corrected chi connectivity index (χ3v) is 3.93. The van der Waals surface area contributed by atoms with E-state index in [-0.39, 0.29) is 11.5 Å². The minimum Gasteiger partial charge on any atom is -0.319 e. The highest BCUT2D eigenvalue weighted by Gasteiger charge is 2.11. The fourth-order valence-electron chi connectivity index (χ4n) is 1.74. The van der Waals surface area contributed by atoms with Crippen LogP contribution in [0.1, 0.15) is 16.7 Å². The van der Waals surface area contributed by atoms with Gasteiger partial charge in [-0.15, -0.1) is 0 Å². The minimum absolute atomic E-state index is 0.136. The fraction of sp³-hybridized carbons (Fsp3) is 0.500. The lowest BCUT2D eigenvalue weighted by molar-refractivity contribution is 0.593. The molecule has 0 spiro atoms. The normalized spacial score (nSPS) is 11.7. The van der Waals surface area contributed by atoms with Crippen molar-refractivity contribution in [2.24, 2.45) is 0 Å². The van der Waals surface area contributed by atoms with Crippen molar-refractivity contribution in [1.82, 2.24) is 5.32 Å². The number of aryl methyl sites for hydroxylation is 2. The highest BCUT2D eigenvalue weighted by molar-refractivity contribution is 7.90. The molecule has 90 valence electrons. The molecule has 16 heavy (non-hydrogen) atoms. The van der Waals surface area contributed by atoms with Crippen molar-refractivity contribution in [3.05, 3.63) is 34.9 Å². The fourth-order valence-corrected chi connectivity index (χ4v) is 3.07. The van der Waals surface area contributed by atoms with Crippen molar-refractivity contribution in [3.63, 3.8) is 0 Å². The summed E-state index contributed by atoms with van der Waals surface area (Å²) in [6.45, 7) is 4.47. The molecule has 0 heterocycles. The summed E-state index contributed by atoms with van der Waals surface area (Å²) in [6.07, 6.45) is 0. The topological polar surface area (TPSA) is 46.2 Å². The molecule has 1 aromatic rings. The summed E-state index contributed by atoms with van der Waals surface area (Å²) in [5.41, 5.74) is 3.10. The van der Waals surface area contributed by atoms with Crippen LogP contribution in [0.3, 0.4) is 0 Å². The van der Waals surface area contributed by atoms with E-state index >= 15 is 0 Å². The van der Waals surface area contributed by atoms with E-state index in [1.54, 1.807) is 7.05 Å². The molecule has 0 atom stereocenters. The Bertz CT molecular complexity index is 432. The summed E-state index contributed by atoms with van der Waals surface area (Å²) < 4.78 is 23.5. The molecule has 0 radical (unpaired) electrons. The predicted octanol–water partition coefficient (Wildman–Crippen LogP) is 1.44. The van der Waals surface area contributed by atoms with E-state index in [0.29, 0.717) is 6.54 Å². The molecule has 0 aromatic heterocycles. The molecule has 0 saturated carbocycles. The van der Waals surface area contributed by atoms with E-state index in [0.717, 1.165) is 16.7 Å². The van der Waals surface area contributed by atoms with E-state index in [9.17, 15) is 8.42 Å². The lowest BCUT2D eigenvalue weighted by Crippen LogP contribution is -2.20. The zero-order valence-corrected chi connectivity index (χ0v) is 10.9. The van der Waals surface area contributed by atoms with Gasteiger partial charge in [0, 0.05) is 6.54 Å². The van der Waals surface area contributed by atoms with Crippen molar-refractivity contribution in [3.8, 4) is 0 Å². The maximum Gasteiger partial charge on any atom is 0.155 e. The Balaban J connectivity index is 2.80. The molecular weight excluding hydrogens is 222 g/mol. The summed E-state index contributed by atoms with van der Waals surface area (Å²) in [6, 6.07) is 5.91. The van der Waals surface area contributed by atoms with Crippen LogP contribution in [-0.4, -0.2) is 27.8 Å². The molecule has 0 aliphatic heterocycles. The maximum atomic E-state index is 11.7. The van der Waals surface area contributed by atoms with Gasteiger partial charge in [-0.1, -0.05) is 29.3 Å². The van der Waals surface area contributed by atoms with Crippen LogP contribution in [0.4, 0.5) is 0 Å². The third-order valence-electron chi connectivity index (χ3n) is 2.33. The lowest BCUT2D eigenvalue weighted by Gasteiger charge is -2.06. The number of benzene rings is 1. The SMILES string of the molecule is CNCCS(=O)(=O)Cc1cc(C)cc(C)c1. The van der Waals surface area contributed by atoms with Gasteiger partial charge in [-0.3, -0.25) is 0 Å². The maximum absolute atomic E-state index is 11.7. The van der Waals surface area contributed by atoms with Crippen molar-refractivity contribution in [1.29, 1.82) is 0 Å². The Morgan fingerprint density at radius 2 is 1.69 bits per heavy atom. The summed E-state index contributed by atoms with van der Waals surface area (Å²) >= 11 is 0. The molecule has 1 N–H and O–H groups in total. The summed E-state index contributed by atoms with van der Waals surface area (Å²) in [5, 5.41) is 2.85. The number of nitrogens with one attached hydrogen (secondary N) is 1. The predicted molar refractivity (Wildman–Crippen MR) is 67.3 cm³/mol. The first-order valence-electron chi connectivity index (χ1n) is 5.35. The molecule has 0 fully saturated rings. The molecule has 0 unspecified atom stereocenters. The van der Waals surface area contributed by atoms with Crippen molar-refractivity contribution >= 4 is 9.84 Å². The number of hydrogen-bond donors (Lipinski definition) is 1. The zero-order chi connectivity index (χ0) is 12.2. The van der Waals surface area contributed by atoms with Crippen LogP contribution >= 0.6 is 0 Å². The standard InChI is InChI=1S/C12H19NO2S/c1-10-6-11(2)8-12(7-10)9-16(14,15)5-4-13-3/h6-8,13H,4-5,9H2,1-3H3. The Kier molecular flexibility index (Phi) is 4.50. The number of sulfone groups is 1. The molecule has 0 saturated heterocycles. The Morgan fingerprint density at radius 3 is 2.19 bits per heavy atom. The van der Waals surface area contributed by atoms with Gasteiger partial charge in [0.2, 0.25) is 0 Å². The molecule has 3 nitrogen and oxygen atoms in total. The van der Waals surface area contributed by atoms with E-state index in [4.69, 9.17) is 0 Å². The first-order valence-corrected chi connectivity index (χ1v) is 7.17. The third kappa shape index (κ3) is 4.33. The minimum atomic E-state index is -2.99. The lowest BCUT2D eigenvalue weighted by atomic mass is 10.1. The quantitative estimate of drug-likeness (QED) is 0.848. The van der Waals surface area contributed by atoms with Gasteiger partial charge in [0.1, 0.15) is 0 Å². The van der Waals surface area contributed by atoms with Gasteiger partial charge in [-0.25, -0.2) is 8.42 Å². The van der Waals surface area contributed by atoms with Gasteiger partial charge in [0.05, 0.1) is 11.5 Å². The van der Waals surface area contributed by atoms with Crippen molar-refractivity contribution in [2.75, 3.05) is 19.3 Å². The van der Waals surface area contributed by atoms with E-state index in [2.05, 4.69) is 5.32 Å². The van der Waals surface area contributed by atoms with Gasteiger partial charge < -0.3 is 5.32 Å². The second kappa shape index (κ2) is 5.46. The molecule has 1 rings (SSSR count). The van der Waals surface area contributed by atoms with E-state index < -0.39 is 9.84 Å². The summed E-state index contributed by atoms with van der Waals surface area (Å²) in [7, 11) is -1.24. The van der Waals surface area contributed by atoms with Crippen LogP contribution in [0.25, 0.3) is 0 Å². The van der Waals surface area contributed by atoms with E-state index in [1.807, 2.05) is 32.0 Å². The smallest absolute Gasteiger partial charge is 0.155 e. The first kappa shape index (κ1) is 13.2. The van der Waals surface area contributed by atoms with Crippen molar-refractivity contribution < 1.29 is 8.42 Å². The average molecular weight is 241 g/mol. The van der Waals surface area contributed by atoms with Crippen LogP contribution in [0, 0.1) is 13.8 Å².